The van der Waals surface area contributed by atoms with E-state index in [1.165, 1.54) is 4.31 Å². The van der Waals surface area contributed by atoms with E-state index in [0.717, 1.165) is 10.9 Å². The van der Waals surface area contributed by atoms with E-state index in [4.69, 9.17) is 0 Å². The number of nitrogens with one attached hydrogen (secondary N) is 2. The number of H-pyrrole nitrogens is 1. The molecule has 1 saturated heterocycles. The number of rotatable bonds is 2. The fourth-order valence-electron chi connectivity index (χ4n) is 2.21. The van der Waals surface area contributed by atoms with Crippen molar-refractivity contribution in [2.24, 2.45) is 0 Å². The van der Waals surface area contributed by atoms with Gasteiger partial charge < -0.3 is 10.3 Å². The van der Waals surface area contributed by atoms with Crippen LogP contribution < -0.4 is 5.32 Å². The Morgan fingerprint density at radius 1 is 1.11 bits per heavy atom. The SMILES string of the molecule is O=S(=O)(c1cc2ccccc2[nH]1)N1CCNCC1. The zero-order chi connectivity index (χ0) is 12.6. The van der Waals surface area contributed by atoms with Crippen LogP contribution in [0.15, 0.2) is 35.4 Å². The van der Waals surface area contributed by atoms with Gasteiger partial charge in [0.25, 0.3) is 10.0 Å². The lowest BCUT2D eigenvalue weighted by Crippen LogP contribution is -2.46. The van der Waals surface area contributed by atoms with Crippen molar-refractivity contribution in [3.8, 4) is 0 Å². The standard InChI is InChI=1S/C12H15N3O2S/c16-18(17,15-7-5-13-6-8-15)12-9-10-3-1-2-4-11(10)14-12/h1-4,9,13-14H,5-8H2. The number of hydrogen-bond donors (Lipinski definition) is 2. The highest BCUT2D eigenvalue weighted by Gasteiger charge is 2.27. The van der Waals surface area contributed by atoms with E-state index < -0.39 is 10.0 Å². The van der Waals surface area contributed by atoms with Crippen LogP contribution in [0, 0.1) is 0 Å². The molecule has 5 nitrogen and oxygen atoms in total. The molecule has 1 aliphatic heterocycles. The zero-order valence-corrected chi connectivity index (χ0v) is 10.7. The van der Waals surface area contributed by atoms with Crippen LogP contribution in [0.1, 0.15) is 0 Å². The van der Waals surface area contributed by atoms with Crippen molar-refractivity contribution < 1.29 is 8.42 Å². The predicted molar refractivity (Wildman–Crippen MR) is 69.9 cm³/mol. The average Bonchev–Trinajstić information content (AvgIpc) is 2.84. The molecule has 0 atom stereocenters. The van der Waals surface area contributed by atoms with Crippen LogP contribution in [-0.4, -0.2) is 43.9 Å². The number of piperazine rings is 1. The first-order valence-corrected chi connectivity index (χ1v) is 7.40. The lowest BCUT2D eigenvalue weighted by Gasteiger charge is -2.25. The quantitative estimate of drug-likeness (QED) is 0.842. The van der Waals surface area contributed by atoms with E-state index >= 15 is 0 Å². The molecule has 1 aromatic carbocycles. The van der Waals surface area contributed by atoms with Gasteiger partial charge in [0, 0.05) is 37.1 Å². The second-order valence-electron chi connectivity index (χ2n) is 4.37. The first kappa shape index (κ1) is 11.7. The second-order valence-corrected chi connectivity index (χ2v) is 6.28. The third-order valence-electron chi connectivity index (χ3n) is 3.20. The highest BCUT2D eigenvalue weighted by atomic mass is 32.2. The number of para-hydroxylation sites is 1. The summed E-state index contributed by atoms with van der Waals surface area (Å²) >= 11 is 0. The average molecular weight is 265 g/mol. The van der Waals surface area contributed by atoms with E-state index in [-0.39, 0.29) is 5.03 Å². The third-order valence-corrected chi connectivity index (χ3v) is 5.02. The Labute approximate surface area is 106 Å². The Morgan fingerprint density at radius 3 is 2.56 bits per heavy atom. The van der Waals surface area contributed by atoms with Crippen LogP contribution >= 0.6 is 0 Å². The topological polar surface area (TPSA) is 65.2 Å². The van der Waals surface area contributed by atoms with Crippen LogP contribution in [0.4, 0.5) is 0 Å². The molecule has 0 spiro atoms. The van der Waals surface area contributed by atoms with Gasteiger partial charge >= 0.3 is 0 Å². The van der Waals surface area contributed by atoms with Gasteiger partial charge in [-0.2, -0.15) is 4.31 Å². The Kier molecular flexibility index (Phi) is 2.85. The van der Waals surface area contributed by atoms with Crippen LogP contribution in [0.2, 0.25) is 0 Å². The number of aromatic amines is 1. The molecule has 2 aromatic rings. The van der Waals surface area contributed by atoms with Crippen LogP contribution in [0.5, 0.6) is 0 Å². The predicted octanol–water partition coefficient (Wildman–Crippen LogP) is 0.762. The van der Waals surface area contributed by atoms with Gasteiger partial charge in [0.05, 0.1) is 0 Å². The monoisotopic (exact) mass is 265 g/mol. The van der Waals surface area contributed by atoms with Gasteiger partial charge in [0.1, 0.15) is 5.03 Å². The molecule has 0 bridgehead atoms. The summed E-state index contributed by atoms with van der Waals surface area (Å²) in [4.78, 5) is 2.98. The summed E-state index contributed by atoms with van der Waals surface area (Å²) in [6, 6.07) is 9.28. The van der Waals surface area contributed by atoms with E-state index in [9.17, 15) is 8.42 Å². The number of hydrogen-bond acceptors (Lipinski definition) is 3. The van der Waals surface area contributed by atoms with E-state index in [1.807, 2.05) is 24.3 Å². The number of fused-ring (bicyclic) bond motifs is 1. The smallest absolute Gasteiger partial charge is 0.258 e. The molecule has 2 N–H and O–H groups in total. The van der Waals surface area contributed by atoms with Crippen molar-refractivity contribution >= 4 is 20.9 Å². The summed E-state index contributed by atoms with van der Waals surface area (Å²) in [5.41, 5.74) is 0.853. The van der Waals surface area contributed by atoms with Gasteiger partial charge in [-0.15, -0.1) is 0 Å². The number of nitrogens with zero attached hydrogens (tertiary/aromatic N) is 1. The summed E-state index contributed by atoms with van der Waals surface area (Å²) in [5, 5.41) is 4.35. The van der Waals surface area contributed by atoms with Crippen LogP contribution in [0.3, 0.4) is 0 Å². The summed E-state index contributed by atoms with van der Waals surface area (Å²) in [6.45, 7) is 2.47. The Morgan fingerprint density at radius 2 is 1.83 bits per heavy atom. The van der Waals surface area contributed by atoms with E-state index in [2.05, 4.69) is 10.3 Å². The Hall–Kier alpha value is -1.37. The van der Waals surface area contributed by atoms with Gasteiger partial charge in [-0.05, 0) is 12.1 Å². The van der Waals surface area contributed by atoms with Crippen LogP contribution in [0.25, 0.3) is 10.9 Å². The zero-order valence-electron chi connectivity index (χ0n) is 9.89. The minimum Gasteiger partial charge on any atom is -0.345 e. The largest absolute Gasteiger partial charge is 0.345 e. The molecular weight excluding hydrogens is 250 g/mol. The molecule has 1 aliphatic rings. The summed E-state index contributed by atoms with van der Waals surface area (Å²) in [6.07, 6.45) is 0. The maximum atomic E-state index is 12.4. The highest BCUT2D eigenvalue weighted by molar-refractivity contribution is 7.89. The molecule has 1 fully saturated rings. The summed E-state index contributed by atoms with van der Waals surface area (Å²) in [7, 11) is -3.39. The number of aromatic nitrogens is 1. The van der Waals surface area contributed by atoms with Crippen molar-refractivity contribution in [1.82, 2.24) is 14.6 Å². The van der Waals surface area contributed by atoms with E-state index in [1.54, 1.807) is 6.07 Å². The molecule has 0 radical (unpaired) electrons. The van der Waals surface area contributed by atoms with Gasteiger partial charge in [-0.25, -0.2) is 8.42 Å². The summed E-state index contributed by atoms with van der Waals surface area (Å²) < 4.78 is 26.4. The van der Waals surface area contributed by atoms with Gasteiger partial charge in [0.15, 0.2) is 0 Å². The Balaban J connectivity index is 2.01. The van der Waals surface area contributed by atoms with Gasteiger partial charge in [-0.3, -0.25) is 0 Å². The fraction of sp³-hybridized carbons (Fsp3) is 0.333. The normalized spacial score (nSPS) is 18.2. The highest BCUT2D eigenvalue weighted by Crippen LogP contribution is 2.21. The van der Waals surface area contributed by atoms with Crippen molar-refractivity contribution in [2.75, 3.05) is 26.2 Å². The Bertz CT molecular complexity index is 624. The number of sulfonamides is 1. The van der Waals surface area contributed by atoms with Gasteiger partial charge in [0.2, 0.25) is 0 Å². The summed E-state index contributed by atoms with van der Waals surface area (Å²) in [5.74, 6) is 0. The van der Waals surface area contributed by atoms with Crippen molar-refractivity contribution in [3.63, 3.8) is 0 Å². The first-order valence-electron chi connectivity index (χ1n) is 5.96. The second kappa shape index (κ2) is 4.38. The first-order chi connectivity index (χ1) is 8.68. The van der Waals surface area contributed by atoms with Crippen molar-refractivity contribution in [1.29, 1.82) is 0 Å². The molecule has 96 valence electrons. The molecule has 0 aliphatic carbocycles. The molecule has 1 aromatic heterocycles. The molecule has 6 heteroatoms. The lowest BCUT2D eigenvalue weighted by atomic mass is 10.3. The maximum absolute atomic E-state index is 12.4. The molecule has 3 rings (SSSR count). The number of benzene rings is 1. The van der Waals surface area contributed by atoms with Crippen molar-refractivity contribution in [2.45, 2.75) is 5.03 Å². The molecule has 2 heterocycles. The van der Waals surface area contributed by atoms with Crippen molar-refractivity contribution in [3.05, 3.63) is 30.3 Å². The van der Waals surface area contributed by atoms with Gasteiger partial charge in [-0.1, -0.05) is 18.2 Å². The maximum Gasteiger partial charge on any atom is 0.258 e. The molecule has 18 heavy (non-hydrogen) atoms. The third kappa shape index (κ3) is 1.92. The minimum absolute atomic E-state index is 0.283. The molecule has 0 saturated carbocycles. The van der Waals surface area contributed by atoms with Crippen LogP contribution in [-0.2, 0) is 10.0 Å². The fourth-order valence-corrected chi connectivity index (χ4v) is 3.67. The minimum atomic E-state index is -3.39. The lowest BCUT2D eigenvalue weighted by molar-refractivity contribution is 0.359. The molecule has 0 unspecified atom stereocenters. The molecule has 0 amide bonds. The van der Waals surface area contributed by atoms with E-state index in [0.29, 0.717) is 26.2 Å². The molecular formula is C12H15N3O2S.